The molecule has 0 spiro atoms. The number of carbonyl (C=O) groups excluding carboxylic acids is 1. The Labute approximate surface area is 150 Å². The average molecular weight is 363 g/mol. The van der Waals surface area contributed by atoms with E-state index in [0.29, 0.717) is 40.6 Å². The van der Waals surface area contributed by atoms with Gasteiger partial charge in [0.1, 0.15) is 17.0 Å². The molecule has 0 radical (unpaired) electrons. The van der Waals surface area contributed by atoms with Crippen LogP contribution in [0.15, 0.2) is 28.8 Å². The summed E-state index contributed by atoms with van der Waals surface area (Å²) in [5.74, 6) is -1.20. The van der Waals surface area contributed by atoms with Crippen LogP contribution in [-0.2, 0) is 4.79 Å². The number of rotatable bonds is 3. The SMILES string of the molecule is Cc1onc(-c2ccccc2Cl)c1C(=O)N1CC(C)CC(C(=O)O)C1. The van der Waals surface area contributed by atoms with Gasteiger partial charge in [-0.15, -0.1) is 0 Å². The first-order chi connectivity index (χ1) is 11.9. The highest BCUT2D eigenvalue weighted by atomic mass is 35.5. The molecule has 3 rings (SSSR count). The van der Waals surface area contributed by atoms with Gasteiger partial charge in [0, 0.05) is 18.7 Å². The van der Waals surface area contributed by atoms with Crippen molar-refractivity contribution in [2.75, 3.05) is 13.1 Å². The minimum Gasteiger partial charge on any atom is -0.481 e. The maximum atomic E-state index is 13.1. The zero-order valence-corrected chi connectivity index (χ0v) is 14.8. The Hall–Kier alpha value is -2.34. The molecule has 132 valence electrons. The van der Waals surface area contributed by atoms with E-state index in [1.165, 1.54) is 0 Å². The molecule has 1 N–H and O–H groups in total. The van der Waals surface area contributed by atoms with Crippen LogP contribution < -0.4 is 0 Å². The minimum absolute atomic E-state index is 0.114. The first-order valence-corrected chi connectivity index (χ1v) is 8.49. The van der Waals surface area contributed by atoms with Crippen molar-refractivity contribution in [1.29, 1.82) is 0 Å². The van der Waals surface area contributed by atoms with Gasteiger partial charge in [0.25, 0.3) is 5.91 Å². The van der Waals surface area contributed by atoms with E-state index in [-0.39, 0.29) is 18.4 Å². The molecule has 2 atom stereocenters. The number of aryl methyl sites for hydroxylation is 1. The van der Waals surface area contributed by atoms with Crippen LogP contribution in [0.5, 0.6) is 0 Å². The van der Waals surface area contributed by atoms with E-state index in [2.05, 4.69) is 5.16 Å². The summed E-state index contributed by atoms with van der Waals surface area (Å²) in [7, 11) is 0. The molecule has 0 saturated carbocycles. The van der Waals surface area contributed by atoms with E-state index >= 15 is 0 Å². The van der Waals surface area contributed by atoms with Crippen molar-refractivity contribution in [2.45, 2.75) is 20.3 Å². The van der Waals surface area contributed by atoms with Gasteiger partial charge < -0.3 is 14.5 Å². The number of benzene rings is 1. The zero-order chi connectivity index (χ0) is 18.1. The van der Waals surface area contributed by atoms with Gasteiger partial charge in [0.05, 0.1) is 10.9 Å². The van der Waals surface area contributed by atoms with Gasteiger partial charge in [0.2, 0.25) is 0 Å². The highest BCUT2D eigenvalue weighted by Crippen LogP contribution is 2.33. The fourth-order valence-electron chi connectivity index (χ4n) is 3.32. The number of hydrogen-bond acceptors (Lipinski definition) is 4. The van der Waals surface area contributed by atoms with Gasteiger partial charge in [-0.25, -0.2) is 0 Å². The number of nitrogens with zero attached hydrogens (tertiary/aromatic N) is 2. The Morgan fingerprint density at radius 3 is 2.72 bits per heavy atom. The molecule has 0 aliphatic carbocycles. The molecule has 1 aliphatic heterocycles. The summed E-state index contributed by atoms with van der Waals surface area (Å²) in [6.07, 6.45) is 0.569. The summed E-state index contributed by atoms with van der Waals surface area (Å²) in [5.41, 5.74) is 1.34. The lowest BCUT2D eigenvalue weighted by Gasteiger charge is -2.34. The summed E-state index contributed by atoms with van der Waals surface area (Å²) >= 11 is 6.23. The quantitative estimate of drug-likeness (QED) is 0.903. The van der Waals surface area contributed by atoms with Crippen molar-refractivity contribution in [3.63, 3.8) is 0 Å². The van der Waals surface area contributed by atoms with E-state index in [4.69, 9.17) is 16.1 Å². The predicted molar refractivity (Wildman–Crippen MR) is 92.5 cm³/mol. The van der Waals surface area contributed by atoms with Crippen LogP contribution in [0.2, 0.25) is 5.02 Å². The topological polar surface area (TPSA) is 83.6 Å². The third-order valence-electron chi connectivity index (χ3n) is 4.50. The lowest BCUT2D eigenvalue weighted by molar-refractivity contribution is -0.143. The molecular weight excluding hydrogens is 344 g/mol. The van der Waals surface area contributed by atoms with E-state index in [0.717, 1.165) is 0 Å². The van der Waals surface area contributed by atoms with Gasteiger partial charge in [-0.2, -0.15) is 0 Å². The maximum Gasteiger partial charge on any atom is 0.308 e. The molecule has 0 bridgehead atoms. The second kappa shape index (κ2) is 6.88. The van der Waals surface area contributed by atoms with Crippen molar-refractivity contribution in [3.05, 3.63) is 40.6 Å². The van der Waals surface area contributed by atoms with E-state index in [1.807, 2.05) is 13.0 Å². The number of carboxylic acid groups (broad SMARTS) is 1. The second-order valence-electron chi connectivity index (χ2n) is 6.53. The first-order valence-electron chi connectivity index (χ1n) is 8.11. The number of likely N-dealkylation sites (tertiary alicyclic amines) is 1. The summed E-state index contributed by atoms with van der Waals surface area (Å²) < 4.78 is 5.25. The molecular formula is C18H19ClN2O4. The van der Waals surface area contributed by atoms with Gasteiger partial charge in [0.15, 0.2) is 0 Å². The fourth-order valence-corrected chi connectivity index (χ4v) is 3.54. The van der Waals surface area contributed by atoms with Crippen LogP contribution in [0.3, 0.4) is 0 Å². The predicted octanol–water partition coefficient (Wildman–Crippen LogP) is 3.49. The average Bonchev–Trinajstić information content (AvgIpc) is 2.95. The van der Waals surface area contributed by atoms with Crippen LogP contribution in [0.25, 0.3) is 11.3 Å². The molecule has 6 nitrogen and oxygen atoms in total. The Kier molecular flexibility index (Phi) is 4.81. The smallest absolute Gasteiger partial charge is 0.308 e. The molecule has 2 heterocycles. The highest BCUT2D eigenvalue weighted by Gasteiger charge is 2.35. The minimum atomic E-state index is -0.877. The third-order valence-corrected chi connectivity index (χ3v) is 4.83. The van der Waals surface area contributed by atoms with Crippen LogP contribution in [0.1, 0.15) is 29.5 Å². The van der Waals surface area contributed by atoms with Gasteiger partial charge >= 0.3 is 5.97 Å². The molecule has 1 fully saturated rings. The Bertz CT molecular complexity index is 817. The normalized spacial score (nSPS) is 20.5. The lowest BCUT2D eigenvalue weighted by Crippen LogP contribution is -2.45. The number of aromatic nitrogens is 1. The third kappa shape index (κ3) is 3.39. The van der Waals surface area contributed by atoms with E-state index in [9.17, 15) is 14.7 Å². The fraction of sp³-hybridized carbons (Fsp3) is 0.389. The first kappa shape index (κ1) is 17.5. The van der Waals surface area contributed by atoms with Crippen LogP contribution in [0.4, 0.5) is 0 Å². The number of piperidine rings is 1. The summed E-state index contributed by atoms with van der Waals surface area (Å²) in [5, 5.41) is 13.8. The molecule has 25 heavy (non-hydrogen) atoms. The van der Waals surface area contributed by atoms with Crippen molar-refractivity contribution >= 4 is 23.5 Å². The summed E-state index contributed by atoms with van der Waals surface area (Å²) in [6, 6.07) is 7.10. The summed E-state index contributed by atoms with van der Waals surface area (Å²) in [4.78, 5) is 26.0. The summed E-state index contributed by atoms with van der Waals surface area (Å²) in [6.45, 7) is 4.31. The monoisotopic (exact) mass is 362 g/mol. The maximum absolute atomic E-state index is 13.1. The molecule has 1 aromatic carbocycles. The molecule has 1 saturated heterocycles. The molecule has 1 amide bonds. The molecule has 2 aromatic rings. The largest absolute Gasteiger partial charge is 0.481 e. The highest BCUT2D eigenvalue weighted by molar-refractivity contribution is 6.33. The van der Waals surface area contributed by atoms with Crippen molar-refractivity contribution < 1.29 is 19.2 Å². The Morgan fingerprint density at radius 2 is 2.04 bits per heavy atom. The van der Waals surface area contributed by atoms with E-state index in [1.54, 1.807) is 30.0 Å². The van der Waals surface area contributed by atoms with Crippen molar-refractivity contribution in [3.8, 4) is 11.3 Å². The van der Waals surface area contributed by atoms with Gasteiger partial charge in [-0.05, 0) is 25.3 Å². The number of aliphatic carboxylic acids is 1. The molecule has 1 aliphatic rings. The molecule has 2 unspecified atom stereocenters. The standard InChI is InChI=1S/C18H19ClN2O4/c1-10-7-12(18(23)24)9-21(8-10)17(22)15-11(2)25-20-16(15)13-5-3-4-6-14(13)19/h3-6,10,12H,7-9H2,1-2H3,(H,23,24). The van der Waals surface area contributed by atoms with E-state index < -0.39 is 11.9 Å². The number of hydrogen-bond donors (Lipinski definition) is 1. The number of amides is 1. The second-order valence-corrected chi connectivity index (χ2v) is 6.94. The number of halogens is 1. The van der Waals surface area contributed by atoms with Crippen molar-refractivity contribution in [2.24, 2.45) is 11.8 Å². The lowest BCUT2D eigenvalue weighted by atomic mass is 9.90. The Balaban J connectivity index is 1.97. The van der Waals surface area contributed by atoms with Crippen molar-refractivity contribution in [1.82, 2.24) is 10.1 Å². The number of carboxylic acids is 1. The van der Waals surface area contributed by atoms with Gasteiger partial charge in [-0.3, -0.25) is 9.59 Å². The van der Waals surface area contributed by atoms with Crippen LogP contribution in [0, 0.1) is 18.8 Å². The molecule has 1 aromatic heterocycles. The number of carbonyl (C=O) groups is 2. The molecule has 7 heteroatoms. The van der Waals surface area contributed by atoms with Crippen LogP contribution in [-0.4, -0.2) is 40.1 Å². The zero-order valence-electron chi connectivity index (χ0n) is 14.0. The Morgan fingerprint density at radius 1 is 1.32 bits per heavy atom. The van der Waals surface area contributed by atoms with Crippen LogP contribution >= 0.6 is 11.6 Å². The van der Waals surface area contributed by atoms with Gasteiger partial charge in [-0.1, -0.05) is 41.9 Å².